The van der Waals surface area contributed by atoms with Crippen LogP contribution in [0.1, 0.15) is 31.2 Å². The summed E-state index contributed by atoms with van der Waals surface area (Å²) in [6, 6.07) is 12.1. The number of primary sulfonamides is 1. The second-order valence-electron chi connectivity index (χ2n) is 7.65. The molecule has 0 aromatic heterocycles. The summed E-state index contributed by atoms with van der Waals surface area (Å²) in [6.07, 6.45) is 4.47. The zero-order valence-corrected chi connectivity index (χ0v) is 17.4. The van der Waals surface area contributed by atoms with Gasteiger partial charge in [0.25, 0.3) is 0 Å². The molecule has 1 aliphatic carbocycles. The number of nitrogens with one attached hydrogen (secondary N) is 1. The summed E-state index contributed by atoms with van der Waals surface area (Å²) in [4.78, 5) is 14.9. The molecule has 3 N–H and O–H groups in total. The fourth-order valence-electron chi connectivity index (χ4n) is 3.97. The fourth-order valence-corrected chi connectivity index (χ4v) is 4.49. The Balaban J connectivity index is 1.43. The minimum Gasteiger partial charge on any atom is -0.454 e. The Bertz CT molecular complexity index is 1020. The number of ether oxygens (including phenoxy) is 2. The maximum atomic E-state index is 12.7. The molecule has 2 aliphatic rings. The molecule has 0 saturated heterocycles. The highest BCUT2D eigenvalue weighted by atomic mass is 32.2. The molecule has 1 aliphatic heterocycles. The summed E-state index contributed by atoms with van der Waals surface area (Å²) < 4.78 is 33.6. The van der Waals surface area contributed by atoms with Crippen LogP contribution in [-0.2, 0) is 21.4 Å². The van der Waals surface area contributed by atoms with Crippen molar-refractivity contribution >= 4 is 21.6 Å². The van der Waals surface area contributed by atoms with Gasteiger partial charge in [0, 0.05) is 18.3 Å². The van der Waals surface area contributed by atoms with Gasteiger partial charge in [-0.3, -0.25) is 9.69 Å². The van der Waals surface area contributed by atoms with Crippen LogP contribution in [-0.4, -0.2) is 38.6 Å². The van der Waals surface area contributed by atoms with Crippen LogP contribution in [0, 0.1) is 0 Å². The van der Waals surface area contributed by atoms with E-state index in [9.17, 15) is 13.2 Å². The summed E-state index contributed by atoms with van der Waals surface area (Å²) in [5.41, 5.74) is 1.60. The van der Waals surface area contributed by atoms with E-state index in [-0.39, 0.29) is 24.1 Å². The van der Waals surface area contributed by atoms with Crippen LogP contribution in [0.2, 0.25) is 0 Å². The Hall–Kier alpha value is -2.62. The van der Waals surface area contributed by atoms with E-state index in [1.165, 1.54) is 37.1 Å². The van der Waals surface area contributed by atoms with Gasteiger partial charge < -0.3 is 14.8 Å². The first-order valence-corrected chi connectivity index (χ1v) is 11.5. The number of fused-ring (bicyclic) bond motifs is 1. The van der Waals surface area contributed by atoms with Crippen molar-refractivity contribution in [1.29, 1.82) is 0 Å². The monoisotopic (exact) mass is 431 g/mol. The van der Waals surface area contributed by atoms with E-state index in [1.54, 1.807) is 0 Å². The first kappa shape index (κ1) is 20.6. The number of sulfonamides is 1. The number of amides is 1. The minimum atomic E-state index is -3.76. The second-order valence-corrected chi connectivity index (χ2v) is 9.21. The van der Waals surface area contributed by atoms with Gasteiger partial charge in [0.15, 0.2) is 11.5 Å². The molecule has 0 bridgehead atoms. The molecule has 2 aromatic rings. The highest BCUT2D eigenvalue weighted by Gasteiger charge is 2.25. The SMILES string of the molecule is NS(=O)(=O)c1ccc(NC(=O)CN(Cc2ccc3c(c2)OCO3)C2CCCC2)cc1. The second kappa shape index (κ2) is 8.63. The molecule has 0 atom stereocenters. The molecule has 2 aromatic carbocycles. The van der Waals surface area contributed by atoms with Crippen molar-refractivity contribution < 1.29 is 22.7 Å². The molecule has 160 valence electrons. The Kier molecular flexibility index (Phi) is 5.94. The summed E-state index contributed by atoms with van der Waals surface area (Å²) in [5, 5.41) is 7.95. The zero-order valence-electron chi connectivity index (χ0n) is 16.5. The van der Waals surface area contributed by atoms with Crippen molar-refractivity contribution in [3.05, 3.63) is 48.0 Å². The average molecular weight is 432 g/mol. The lowest BCUT2D eigenvalue weighted by molar-refractivity contribution is -0.118. The van der Waals surface area contributed by atoms with E-state index in [0.717, 1.165) is 29.9 Å². The summed E-state index contributed by atoms with van der Waals surface area (Å²) in [6.45, 7) is 1.12. The molecule has 4 rings (SSSR count). The van der Waals surface area contributed by atoms with Gasteiger partial charge in [-0.1, -0.05) is 18.9 Å². The van der Waals surface area contributed by atoms with Crippen molar-refractivity contribution in [2.24, 2.45) is 5.14 Å². The zero-order chi connectivity index (χ0) is 21.1. The smallest absolute Gasteiger partial charge is 0.238 e. The molecule has 0 radical (unpaired) electrons. The van der Waals surface area contributed by atoms with Crippen molar-refractivity contribution in [3.63, 3.8) is 0 Å². The van der Waals surface area contributed by atoms with Crippen LogP contribution in [0.3, 0.4) is 0 Å². The Morgan fingerprint density at radius 1 is 1.07 bits per heavy atom. The van der Waals surface area contributed by atoms with Crippen molar-refractivity contribution in [2.45, 2.75) is 43.2 Å². The van der Waals surface area contributed by atoms with Crippen LogP contribution < -0.4 is 19.9 Å². The van der Waals surface area contributed by atoms with Gasteiger partial charge in [0.2, 0.25) is 22.7 Å². The largest absolute Gasteiger partial charge is 0.454 e. The van der Waals surface area contributed by atoms with Gasteiger partial charge >= 0.3 is 0 Å². The lowest BCUT2D eigenvalue weighted by Crippen LogP contribution is -2.39. The Morgan fingerprint density at radius 3 is 2.47 bits per heavy atom. The molecule has 1 fully saturated rings. The molecule has 1 heterocycles. The topological polar surface area (TPSA) is 111 Å². The number of hydrogen-bond donors (Lipinski definition) is 2. The normalized spacial score (nSPS) is 16.2. The quantitative estimate of drug-likeness (QED) is 0.697. The number of hydrogen-bond acceptors (Lipinski definition) is 6. The maximum absolute atomic E-state index is 12.7. The molecule has 9 heteroatoms. The summed E-state index contributed by atoms with van der Waals surface area (Å²) >= 11 is 0. The van der Waals surface area contributed by atoms with Crippen LogP contribution in [0.25, 0.3) is 0 Å². The van der Waals surface area contributed by atoms with Crippen molar-refractivity contribution in [3.8, 4) is 11.5 Å². The predicted molar refractivity (Wildman–Crippen MR) is 112 cm³/mol. The van der Waals surface area contributed by atoms with Crippen LogP contribution in [0.5, 0.6) is 11.5 Å². The third-order valence-corrected chi connectivity index (χ3v) is 6.41. The number of carbonyl (C=O) groups is 1. The average Bonchev–Trinajstić information content (AvgIpc) is 3.39. The molecule has 8 nitrogen and oxygen atoms in total. The third-order valence-electron chi connectivity index (χ3n) is 5.48. The third kappa shape index (κ3) is 4.92. The fraction of sp³-hybridized carbons (Fsp3) is 0.381. The number of nitrogens with two attached hydrogens (primary N) is 1. The molecule has 1 saturated carbocycles. The Labute approximate surface area is 176 Å². The first-order chi connectivity index (χ1) is 14.4. The summed E-state index contributed by atoms with van der Waals surface area (Å²) in [5.74, 6) is 1.33. The highest BCUT2D eigenvalue weighted by Crippen LogP contribution is 2.33. The van der Waals surface area contributed by atoms with Gasteiger partial charge in [-0.15, -0.1) is 0 Å². The highest BCUT2D eigenvalue weighted by molar-refractivity contribution is 7.89. The number of benzene rings is 2. The molecule has 0 spiro atoms. The number of anilines is 1. The molecular formula is C21H25N3O5S. The van der Waals surface area contributed by atoms with Gasteiger partial charge in [0.1, 0.15) is 0 Å². The van der Waals surface area contributed by atoms with Gasteiger partial charge in [0.05, 0.1) is 11.4 Å². The van der Waals surface area contributed by atoms with Gasteiger partial charge in [-0.25, -0.2) is 13.6 Å². The van der Waals surface area contributed by atoms with Crippen LogP contribution in [0.4, 0.5) is 5.69 Å². The van der Waals surface area contributed by atoms with Crippen LogP contribution in [0.15, 0.2) is 47.4 Å². The molecule has 30 heavy (non-hydrogen) atoms. The molecular weight excluding hydrogens is 406 g/mol. The predicted octanol–water partition coefficient (Wildman–Crippen LogP) is 2.45. The lowest BCUT2D eigenvalue weighted by atomic mass is 10.1. The number of rotatable bonds is 7. The van der Waals surface area contributed by atoms with Gasteiger partial charge in [-0.05, 0) is 54.8 Å². The number of carbonyl (C=O) groups excluding carboxylic acids is 1. The summed E-state index contributed by atoms with van der Waals surface area (Å²) in [7, 11) is -3.76. The van der Waals surface area contributed by atoms with Crippen molar-refractivity contribution in [1.82, 2.24) is 4.90 Å². The maximum Gasteiger partial charge on any atom is 0.238 e. The van der Waals surface area contributed by atoms with E-state index >= 15 is 0 Å². The lowest BCUT2D eigenvalue weighted by Gasteiger charge is -2.28. The molecule has 0 unspecified atom stereocenters. The van der Waals surface area contributed by atoms with Crippen molar-refractivity contribution in [2.75, 3.05) is 18.7 Å². The number of nitrogens with zero attached hydrogens (tertiary/aromatic N) is 1. The first-order valence-electron chi connectivity index (χ1n) is 9.94. The van der Waals surface area contributed by atoms with Gasteiger partial charge in [-0.2, -0.15) is 0 Å². The molecule has 1 amide bonds. The van der Waals surface area contributed by atoms with E-state index in [1.807, 2.05) is 18.2 Å². The van der Waals surface area contributed by atoms with E-state index < -0.39 is 10.0 Å². The van der Waals surface area contributed by atoms with E-state index in [4.69, 9.17) is 14.6 Å². The van der Waals surface area contributed by atoms with Crippen LogP contribution >= 0.6 is 0 Å². The minimum absolute atomic E-state index is 0.0101. The van der Waals surface area contributed by atoms with E-state index in [2.05, 4.69) is 10.2 Å². The standard InChI is InChI=1S/C21H25N3O5S/c22-30(26,27)18-8-6-16(7-9-18)23-21(25)13-24(17-3-1-2-4-17)12-15-5-10-19-20(11-15)29-14-28-19/h5-11,17H,1-4,12-14H2,(H,23,25)(H2,22,26,27). The van der Waals surface area contributed by atoms with E-state index in [0.29, 0.717) is 18.3 Å². The Morgan fingerprint density at radius 2 is 1.77 bits per heavy atom.